The molecule has 1 aliphatic rings. The topological polar surface area (TPSA) is 75.6 Å². The number of carbonyl (C=O) groups excluding carboxylic acids is 2. The Morgan fingerprint density at radius 2 is 1.78 bits per heavy atom. The lowest BCUT2D eigenvalue weighted by Gasteiger charge is -2.32. The molecule has 5 heteroatoms. The van der Waals surface area contributed by atoms with Crippen LogP contribution in [0.5, 0.6) is 0 Å². The van der Waals surface area contributed by atoms with Crippen LogP contribution in [0.4, 0.5) is 0 Å². The van der Waals surface area contributed by atoms with Crippen molar-refractivity contribution in [2.24, 2.45) is 5.92 Å². The standard InChI is InChI=1S/C22H33NO4/c1-14-21(3,4)17-8-7-16(13-18(17)22(14,5)6)19(25)9-10-20(26)23-15(2)27-12-11-24/h7-8,13-15,24H,9-12H2,1-6H3,(H,23,26). The average Bonchev–Trinajstić information content (AvgIpc) is 2.75. The van der Waals surface area contributed by atoms with Gasteiger partial charge >= 0.3 is 0 Å². The van der Waals surface area contributed by atoms with Gasteiger partial charge in [0.2, 0.25) is 5.91 Å². The number of ketones is 1. The Labute approximate surface area is 162 Å². The highest BCUT2D eigenvalue weighted by molar-refractivity contribution is 5.98. The Bertz CT molecular complexity index is 708. The van der Waals surface area contributed by atoms with E-state index < -0.39 is 6.23 Å². The fourth-order valence-corrected chi connectivity index (χ4v) is 4.12. The van der Waals surface area contributed by atoms with Crippen LogP contribution in [0.1, 0.15) is 75.9 Å². The summed E-state index contributed by atoms with van der Waals surface area (Å²) >= 11 is 0. The molecule has 5 nitrogen and oxygen atoms in total. The van der Waals surface area contributed by atoms with Crippen molar-refractivity contribution in [2.45, 2.75) is 71.4 Å². The zero-order valence-electron chi connectivity index (χ0n) is 17.4. The highest BCUT2D eigenvalue weighted by Gasteiger charge is 2.48. The van der Waals surface area contributed by atoms with Crippen molar-refractivity contribution in [2.75, 3.05) is 13.2 Å². The Kier molecular flexibility index (Phi) is 6.48. The molecule has 0 heterocycles. The number of nitrogens with one attached hydrogen (secondary N) is 1. The maximum Gasteiger partial charge on any atom is 0.222 e. The van der Waals surface area contributed by atoms with Crippen molar-refractivity contribution in [3.63, 3.8) is 0 Å². The van der Waals surface area contributed by atoms with Crippen molar-refractivity contribution >= 4 is 11.7 Å². The summed E-state index contributed by atoms with van der Waals surface area (Å²) in [5, 5.41) is 11.4. The second kappa shape index (κ2) is 8.11. The molecule has 0 spiro atoms. The van der Waals surface area contributed by atoms with Gasteiger partial charge in [0.25, 0.3) is 0 Å². The summed E-state index contributed by atoms with van der Waals surface area (Å²) in [7, 11) is 0. The van der Waals surface area contributed by atoms with E-state index in [1.165, 1.54) is 11.1 Å². The molecule has 1 aromatic rings. The molecule has 0 fully saturated rings. The molecule has 1 aliphatic carbocycles. The number of benzene rings is 1. The van der Waals surface area contributed by atoms with Crippen molar-refractivity contribution in [3.05, 3.63) is 34.9 Å². The minimum atomic E-state index is -0.482. The van der Waals surface area contributed by atoms with Crippen LogP contribution in [0.25, 0.3) is 0 Å². The Hall–Kier alpha value is -1.72. The number of rotatable bonds is 8. The van der Waals surface area contributed by atoms with Crippen molar-refractivity contribution in [3.8, 4) is 0 Å². The van der Waals surface area contributed by atoms with E-state index in [1.807, 2.05) is 12.1 Å². The molecule has 27 heavy (non-hydrogen) atoms. The van der Waals surface area contributed by atoms with Gasteiger partial charge < -0.3 is 15.2 Å². The van der Waals surface area contributed by atoms with Gasteiger partial charge in [-0.1, -0.05) is 46.8 Å². The maximum absolute atomic E-state index is 12.6. The number of Topliss-reactive ketones (excluding diaryl/α,β-unsaturated/α-hetero) is 1. The molecule has 0 saturated heterocycles. The number of fused-ring (bicyclic) bond motifs is 1. The third-order valence-corrected chi connectivity index (χ3v) is 6.30. The molecule has 150 valence electrons. The Balaban J connectivity index is 2.03. The Morgan fingerprint density at radius 3 is 2.41 bits per heavy atom. The second-order valence-electron chi connectivity index (χ2n) is 8.65. The lowest BCUT2D eigenvalue weighted by Crippen LogP contribution is -2.35. The fraction of sp³-hybridized carbons (Fsp3) is 0.636. The highest BCUT2D eigenvalue weighted by Crippen LogP contribution is 2.53. The van der Waals surface area contributed by atoms with Crippen LogP contribution < -0.4 is 5.32 Å². The van der Waals surface area contributed by atoms with Gasteiger partial charge in [-0.2, -0.15) is 0 Å². The zero-order valence-corrected chi connectivity index (χ0v) is 17.4. The van der Waals surface area contributed by atoms with E-state index in [4.69, 9.17) is 9.84 Å². The predicted molar refractivity (Wildman–Crippen MR) is 106 cm³/mol. The zero-order chi connectivity index (χ0) is 20.4. The smallest absolute Gasteiger partial charge is 0.222 e. The van der Waals surface area contributed by atoms with Crippen LogP contribution in [-0.4, -0.2) is 36.2 Å². The molecule has 2 rings (SSSR count). The molecule has 0 saturated carbocycles. The summed E-state index contributed by atoms with van der Waals surface area (Å²) in [5.41, 5.74) is 3.30. The number of ether oxygens (including phenoxy) is 1. The maximum atomic E-state index is 12.6. The molecule has 0 aromatic heterocycles. The van der Waals surface area contributed by atoms with E-state index in [-0.39, 0.29) is 48.6 Å². The lowest BCUT2D eigenvalue weighted by atomic mass is 9.71. The molecule has 2 atom stereocenters. The van der Waals surface area contributed by atoms with Gasteiger partial charge in [-0.25, -0.2) is 0 Å². The van der Waals surface area contributed by atoms with E-state index in [0.717, 1.165) is 0 Å². The average molecular weight is 376 g/mol. The van der Waals surface area contributed by atoms with Gasteiger partial charge in [-0.05, 0) is 40.9 Å². The van der Waals surface area contributed by atoms with Gasteiger partial charge in [-0.15, -0.1) is 0 Å². The first kappa shape index (κ1) is 21.6. The van der Waals surface area contributed by atoms with Crippen molar-refractivity contribution in [1.82, 2.24) is 5.32 Å². The van der Waals surface area contributed by atoms with E-state index >= 15 is 0 Å². The van der Waals surface area contributed by atoms with E-state index in [2.05, 4.69) is 46.0 Å². The van der Waals surface area contributed by atoms with Crippen LogP contribution in [0, 0.1) is 5.92 Å². The van der Waals surface area contributed by atoms with Gasteiger partial charge in [0.1, 0.15) is 6.23 Å². The van der Waals surface area contributed by atoms with Gasteiger partial charge in [0, 0.05) is 18.4 Å². The van der Waals surface area contributed by atoms with Gasteiger partial charge in [0.15, 0.2) is 5.78 Å². The second-order valence-corrected chi connectivity index (χ2v) is 8.65. The summed E-state index contributed by atoms with van der Waals surface area (Å²) in [6, 6.07) is 5.99. The SMILES string of the molecule is CC(NC(=O)CCC(=O)c1ccc2c(c1)C(C)(C)C(C)C2(C)C)OCCO. The number of carbonyl (C=O) groups is 2. The van der Waals surface area contributed by atoms with Crippen LogP contribution in [0.2, 0.25) is 0 Å². The summed E-state index contributed by atoms with van der Waals surface area (Å²) in [5.74, 6) is 0.214. The summed E-state index contributed by atoms with van der Waals surface area (Å²) < 4.78 is 5.19. The normalized spacial score (nSPS) is 20.8. The number of aliphatic hydroxyl groups excluding tert-OH is 1. The molecule has 2 N–H and O–H groups in total. The molecular weight excluding hydrogens is 342 g/mol. The molecule has 0 radical (unpaired) electrons. The lowest BCUT2D eigenvalue weighted by molar-refractivity contribution is -0.125. The fourth-order valence-electron chi connectivity index (χ4n) is 4.12. The Morgan fingerprint density at radius 1 is 1.15 bits per heavy atom. The van der Waals surface area contributed by atoms with Crippen LogP contribution in [0.3, 0.4) is 0 Å². The first-order chi connectivity index (χ1) is 12.5. The van der Waals surface area contributed by atoms with Gasteiger partial charge in [-0.3, -0.25) is 9.59 Å². The number of amides is 1. The molecular formula is C22H33NO4. The monoisotopic (exact) mass is 375 g/mol. The number of hydrogen-bond donors (Lipinski definition) is 2. The molecule has 0 bridgehead atoms. The van der Waals surface area contributed by atoms with Crippen LogP contribution in [-0.2, 0) is 20.4 Å². The minimum absolute atomic E-state index is 0.00593. The van der Waals surface area contributed by atoms with Crippen LogP contribution >= 0.6 is 0 Å². The van der Waals surface area contributed by atoms with Crippen molar-refractivity contribution < 1.29 is 19.4 Å². The minimum Gasteiger partial charge on any atom is -0.394 e. The van der Waals surface area contributed by atoms with Crippen molar-refractivity contribution in [1.29, 1.82) is 0 Å². The van der Waals surface area contributed by atoms with E-state index in [9.17, 15) is 9.59 Å². The number of hydrogen-bond acceptors (Lipinski definition) is 4. The largest absolute Gasteiger partial charge is 0.394 e. The first-order valence-electron chi connectivity index (χ1n) is 9.71. The van der Waals surface area contributed by atoms with E-state index in [1.54, 1.807) is 6.92 Å². The summed E-state index contributed by atoms with van der Waals surface area (Å²) in [6.07, 6.45) is -0.200. The third-order valence-electron chi connectivity index (χ3n) is 6.30. The molecule has 1 amide bonds. The van der Waals surface area contributed by atoms with Crippen LogP contribution in [0.15, 0.2) is 18.2 Å². The molecule has 0 aliphatic heterocycles. The first-order valence-corrected chi connectivity index (χ1v) is 9.71. The predicted octanol–water partition coefficient (Wildman–Crippen LogP) is 3.33. The third kappa shape index (κ3) is 4.41. The highest BCUT2D eigenvalue weighted by atomic mass is 16.5. The summed E-state index contributed by atoms with van der Waals surface area (Å²) in [6.45, 7) is 13.0. The van der Waals surface area contributed by atoms with E-state index in [0.29, 0.717) is 11.5 Å². The molecule has 2 unspecified atom stereocenters. The van der Waals surface area contributed by atoms with Gasteiger partial charge in [0.05, 0.1) is 13.2 Å². The number of aliphatic hydroxyl groups is 1. The quantitative estimate of drug-likeness (QED) is 0.540. The summed E-state index contributed by atoms with van der Waals surface area (Å²) in [4.78, 5) is 24.6. The molecule has 1 aromatic carbocycles.